The van der Waals surface area contributed by atoms with Crippen LogP contribution in [0.4, 0.5) is 0 Å². The van der Waals surface area contributed by atoms with Gasteiger partial charge in [0.2, 0.25) is 0 Å². The van der Waals surface area contributed by atoms with E-state index in [0.29, 0.717) is 31.8 Å². The van der Waals surface area contributed by atoms with Crippen molar-refractivity contribution in [1.29, 1.82) is 0 Å². The summed E-state index contributed by atoms with van der Waals surface area (Å²) in [4.78, 5) is 23.5. The fraction of sp³-hybridized carbons (Fsp3) is 0.900. The van der Waals surface area contributed by atoms with Gasteiger partial charge in [0.1, 0.15) is 6.10 Å². The van der Waals surface area contributed by atoms with Crippen LogP contribution in [0.1, 0.15) is 90.4 Å². The summed E-state index contributed by atoms with van der Waals surface area (Å²) in [5.41, 5.74) is 0. The van der Waals surface area contributed by atoms with Gasteiger partial charge in [0.05, 0.1) is 6.61 Å². The van der Waals surface area contributed by atoms with Crippen molar-refractivity contribution in [2.24, 2.45) is 5.92 Å². The predicted octanol–water partition coefficient (Wildman–Crippen LogP) is 5.40. The molecule has 4 nitrogen and oxygen atoms in total. The Hall–Kier alpha value is -0.770. The average Bonchev–Trinajstić information content (AvgIpc) is 3.12. The zero-order valence-corrected chi connectivity index (χ0v) is 16.5. The molecule has 1 fully saturated rings. The number of halogens is 1. The summed E-state index contributed by atoms with van der Waals surface area (Å²) in [5, 5.41) is 0. The molecule has 0 bridgehead atoms. The van der Waals surface area contributed by atoms with E-state index in [-0.39, 0.29) is 18.0 Å². The minimum atomic E-state index is -0.209. The Morgan fingerprint density at radius 1 is 0.920 bits per heavy atom. The summed E-state index contributed by atoms with van der Waals surface area (Å²) in [6.45, 7) is 2.47. The highest BCUT2D eigenvalue weighted by atomic mass is 35.5. The van der Waals surface area contributed by atoms with Gasteiger partial charge < -0.3 is 9.47 Å². The van der Waals surface area contributed by atoms with Gasteiger partial charge >= 0.3 is 11.9 Å². The molecule has 0 saturated heterocycles. The Labute approximate surface area is 158 Å². The van der Waals surface area contributed by atoms with Crippen LogP contribution in [0.3, 0.4) is 0 Å². The normalized spacial score (nSPS) is 15.9. The van der Waals surface area contributed by atoms with Crippen molar-refractivity contribution in [3.8, 4) is 0 Å². The van der Waals surface area contributed by atoms with Crippen molar-refractivity contribution in [1.82, 2.24) is 0 Å². The number of hydrogen-bond acceptors (Lipinski definition) is 4. The third kappa shape index (κ3) is 11.5. The standard InChI is InChI=1S/C20H35ClO4/c1-17(18-11-6-7-12-18)25-20(23)14-10-13-19(22)24-16-9-5-3-2-4-8-15-21/h17-18H,2-16H2,1H3. The molecule has 1 rings (SSSR count). The smallest absolute Gasteiger partial charge is 0.306 e. The molecule has 0 aromatic heterocycles. The number of esters is 2. The first-order valence-electron chi connectivity index (χ1n) is 10.0. The zero-order chi connectivity index (χ0) is 18.3. The Bertz CT molecular complexity index is 367. The van der Waals surface area contributed by atoms with Gasteiger partial charge in [-0.25, -0.2) is 0 Å². The third-order valence-electron chi connectivity index (χ3n) is 4.93. The summed E-state index contributed by atoms with van der Waals surface area (Å²) in [6, 6.07) is 0. The Morgan fingerprint density at radius 2 is 1.52 bits per heavy atom. The van der Waals surface area contributed by atoms with Gasteiger partial charge in [-0.2, -0.15) is 0 Å². The van der Waals surface area contributed by atoms with Crippen LogP contribution in [0.25, 0.3) is 0 Å². The van der Waals surface area contributed by atoms with Gasteiger partial charge in [-0.3, -0.25) is 9.59 Å². The second-order valence-corrected chi connectivity index (χ2v) is 7.50. The van der Waals surface area contributed by atoms with Crippen LogP contribution in [-0.2, 0) is 19.1 Å². The van der Waals surface area contributed by atoms with E-state index in [0.717, 1.165) is 38.0 Å². The molecule has 0 aromatic carbocycles. The lowest BCUT2D eigenvalue weighted by molar-refractivity contribution is -0.151. The van der Waals surface area contributed by atoms with Crippen molar-refractivity contribution >= 4 is 23.5 Å². The number of carbonyl (C=O) groups is 2. The molecule has 1 aliphatic carbocycles. The molecule has 0 N–H and O–H groups in total. The number of hydrogen-bond donors (Lipinski definition) is 0. The molecule has 0 amide bonds. The quantitative estimate of drug-likeness (QED) is 0.232. The monoisotopic (exact) mass is 374 g/mol. The second-order valence-electron chi connectivity index (χ2n) is 7.12. The van der Waals surface area contributed by atoms with Crippen molar-refractivity contribution in [3.63, 3.8) is 0 Å². The van der Waals surface area contributed by atoms with Crippen LogP contribution in [0.2, 0.25) is 0 Å². The lowest BCUT2D eigenvalue weighted by Gasteiger charge is -2.19. The van der Waals surface area contributed by atoms with E-state index in [1.165, 1.54) is 32.1 Å². The maximum absolute atomic E-state index is 11.8. The molecule has 0 radical (unpaired) electrons. The Kier molecular flexibility index (Phi) is 12.8. The van der Waals surface area contributed by atoms with Gasteiger partial charge in [-0.05, 0) is 44.9 Å². The number of carbonyl (C=O) groups excluding carboxylic acids is 2. The van der Waals surface area contributed by atoms with Crippen LogP contribution >= 0.6 is 11.6 Å². The molecule has 1 atom stereocenters. The molecule has 0 heterocycles. The fourth-order valence-electron chi connectivity index (χ4n) is 3.33. The van der Waals surface area contributed by atoms with Crippen molar-refractivity contribution < 1.29 is 19.1 Å². The van der Waals surface area contributed by atoms with Gasteiger partial charge in [0.25, 0.3) is 0 Å². The number of unbranched alkanes of at least 4 members (excludes halogenated alkanes) is 5. The van der Waals surface area contributed by atoms with Gasteiger partial charge in [-0.15, -0.1) is 11.6 Å². The summed E-state index contributed by atoms with van der Waals surface area (Å²) in [7, 11) is 0. The maximum Gasteiger partial charge on any atom is 0.306 e. The number of rotatable bonds is 14. The minimum absolute atomic E-state index is 0.00592. The van der Waals surface area contributed by atoms with Gasteiger partial charge in [0, 0.05) is 18.7 Å². The van der Waals surface area contributed by atoms with E-state index in [1.807, 2.05) is 6.92 Å². The highest BCUT2D eigenvalue weighted by Crippen LogP contribution is 2.29. The first-order chi connectivity index (χ1) is 12.1. The maximum atomic E-state index is 11.8. The summed E-state index contributed by atoms with van der Waals surface area (Å²) in [5.74, 6) is 0.858. The first kappa shape index (κ1) is 22.3. The van der Waals surface area contributed by atoms with E-state index in [4.69, 9.17) is 21.1 Å². The summed E-state index contributed by atoms with van der Waals surface area (Å²) < 4.78 is 10.7. The van der Waals surface area contributed by atoms with E-state index < -0.39 is 0 Å². The minimum Gasteiger partial charge on any atom is -0.466 e. The average molecular weight is 375 g/mol. The number of alkyl halides is 1. The molecule has 146 valence electrons. The van der Waals surface area contributed by atoms with E-state index in [9.17, 15) is 9.59 Å². The first-order valence-corrected chi connectivity index (χ1v) is 10.6. The third-order valence-corrected chi connectivity index (χ3v) is 5.20. The molecular formula is C20H35ClO4. The van der Waals surface area contributed by atoms with Crippen LogP contribution in [0.15, 0.2) is 0 Å². The summed E-state index contributed by atoms with van der Waals surface area (Å²) >= 11 is 5.63. The molecule has 1 unspecified atom stereocenters. The predicted molar refractivity (Wildman–Crippen MR) is 101 cm³/mol. The second kappa shape index (κ2) is 14.4. The zero-order valence-electron chi connectivity index (χ0n) is 15.8. The fourth-order valence-corrected chi connectivity index (χ4v) is 3.52. The molecule has 5 heteroatoms. The molecule has 0 aliphatic heterocycles. The largest absolute Gasteiger partial charge is 0.466 e. The van der Waals surface area contributed by atoms with Crippen molar-refractivity contribution in [3.05, 3.63) is 0 Å². The summed E-state index contributed by atoms with van der Waals surface area (Å²) in [6.07, 6.45) is 12.5. The van der Waals surface area contributed by atoms with E-state index in [2.05, 4.69) is 0 Å². The molecule has 25 heavy (non-hydrogen) atoms. The Morgan fingerprint density at radius 3 is 2.20 bits per heavy atom. The van der Waals surface area contributed by atoms with Crippen molar-refractivity contribution in [2.45, 2.75) is 96.5 Å². The van der Waals surface area contributed by atoms with Crippen molar-refractivity contribution in [2.75, 3.05) is 12.5 Å². The van der Waals surface area contributed by atoms with E-state index >= 15 is 0 Å². The lowest BCUT2D eigenvalue weighted by Crippen LogP contribution is -2.22. The SMILES string of the molecule is CC(OC(=O)CCCC(=O)OCCCCCCCCCl)C1CCCC1. The van der Waals surface area contributed by atoms with Gasteiger partial charge in [0.15, 0.2) is 0 Å². The van der Waals surface area contributed by atoms with Gasteiger partial charge in [-0.1, -0.05) is 38.5 Å². The molecule has 0 spiro atoms. The van der Waals surface area contributed by atoms with Crippen LogP contribution in [0, 0.1) is 5.92 Å². The lowest BCUT2D eigenvalue weighted by atomic mass is 10.0. The molecular weight excluding hydrogens is 340 g/mol. The topological polar surface area (TPSA) is 52.6 Å². The van der Waals surface area contributed by atoms with Crippen LogP contribution in [0.5, 0.6) is 0 Å². The highest BCUT2D eigenvalue weighted by Gasteiger charge is 2.24. The van der Waals surface area contributed by atoms with Crippen LogP contribution in [-0.4, -0.2) is 30.5 Å². The molecule has 1 saturated carbocycles. The van der Waals surface area contributed by atoms with Crippen LogP contribution < -0.4 is 0 Å². The molecule has 0 aromatic rings. The molecule has 1 aliphatic rings. The Balaban J connectivity index is 1.92. The highest BCUT2D eigenvalue weighted by molar-refractivity contribution is 6.17. The van der Waals surface area contributed by atoms with E-state index in [1.54, 1.807) is 0 Å². The number of ether oxygens (including phenoxy) is 2.